The topological polar surface area (TPSA) is 92.3 Å². The second-order valence-electron chi connectivity index (χ2n) is 7.06. The third-order valence-electron chi connectivity index (χ3n) is 4.53. The number of benzene rings is 3. The van der Waals surface area contributed by atoms with E-state index in [9.17, 15) is 18.0 Å². The van der Waals surface area contributed by atoms with E-state index in [4.69, 9.17) is 23.2 Å². The van der Waals surface area contributed by atoms with Crippen LogP contribution in [0.15, 0.2) is 77.7 Å². The first-order valence-electron chi connectivity index (χ1n) is 9.61. The fraction of sp³-hybridized carbons (Fsp3) is 0.130. The van der Waals surface area contributed by atoms with E-state index in [1.807, 2.05) is 0 Å². The molecule has 0 heterocycles. The van der Waals surface area contributed by atoms with Gasteiger partial charge in [-0.05, 0) is 53.1 Å². The molecule has 0 aliphatic carbocycles. The molecular weight excluding hydrogens is 471 g/mol. The molecule has 0 atom stereocenters. The van der Waals surface area contributed by atoms with Crippen LogP contribution in [-0.2, 0) is 39.0 Å². The summed E-state index contributed by atoms with van der Waals surface area (Å²) in [6.45, 7) is 0.246. The van der Waals surface area contributed by atoms with Gasteiger partial charge in [0.2, 0.25) is 11.8 Å². The van der Waals surface area contributed by atoms with Gasteiger partial charge in [-0.2, -0.15) is 0 Å². The standard InChI is InChI=1S/C23H20Cl2N2O4S/c24-19-7-1-16(2-8-19)13-22(28)26-15-18-5-11-21(12-6-18)32(30,31)27-23(29)14-17-3-9-20(25)10-4-17/h1-12H,13-15H2,(H,26,28)(H,27,29). The number of halogens is 2. The molecule has 0 unspecified atom stereocenters. The quantitative estimate of drug-likeness (QED) is 0.500. The zero-order valence-corrected chi connectivity index (χ0v) is 19.2. The molecule has 0 saturated heterocycles. The van der Waals surface area contributed by atoms with Crippen LogP contribution in [-0.4, -0.2) is 20.2 Å². The molecule has 0 aliphatic heterocycles. The minimum absolute atomic E-state index is 0.0433. The van der Waals surface area contributed by atoms with Gasteiger partial charge in [-0.1, -0.05) is 59.6 Å². The molecule has 6 nitrogen and oxygen atoms in total. The van der Waals surface area contributed by atoms with E-state index in [1.165, 1.54) is 12.1 Å². The van der Waals surface area contributed by atoms with Crippen LogP contribution < -0.4 is 10.0 Å². The Morgan fingerprint density at radius 1 is 0.656 bits per heavy atom. The summed E-state index contributed by atoms with van der Waals surface area (Å²) in [5.41, 5.74) is 2.20. The highest BCUT2D eigenvalue weighted by Gasteiger charge is 2.18. The van der Waals surface area contributed by atoms with Crippen molar-refractivity contribution in [2.24, 2.45) is 0 Å². The lowest BCUT2D eigenvalue weighted by atomic mass is 10.1. The van der Waals surface area contributed by atoms with E-state index >= 15 is 0 Å². The number of carbonyl (C=O) groups is 2. The third kappa shape index (κ3) is 7.09. The molecule has 0 aliphatic rings. The van der Waals surface area contributed by atoms with Crippen molar-refractivity contribution in [2.45, 2.75) is 24.3 Å². The van der Waals surface area contributed by atoms with Crippen molar-refractivity contribution in [1.82, 2.24) is 10.0 Å². The van der Waals surface area contributed by atoms with Gasteiger partial charge >= 0.3 is 0 Å². The van der Waals surface area contributed by atoms with Crippen molar-refractivity contribution in [3.05, 3.63) is 99.5 Å². The molecule has 0 fully saturated rings. The van der Waals surface area contributed by atoms with Crippen molar-refractivity contribution >= 4 is 45.0 Å². The second-order valence-corrected chi connectivity index (χ2v) is 9.61. The van der Waals surface area contributed by atoms with Gasteiger partial charge in [0.05, 0.1) is 17.7 Å². The second kappa shape index (κ2) is 10.6. The third-order valence-corrected chi connectivity index (χ3v) is 6.42. The van der Waals surface area contributed by atoms with E-state index in [-0.39, 0.29) is 30.2 Å². The lowest BCUT2D eigenvalue weighted by Crippen LogP contribution is -2.31. The molecule has 0 aromatic heterocycles. The molecule has 2 N–H and O–H groups in total. The predicted octanol–water partition coefficient (Wildman–Crippen LogP) is 3.90. The lowest BCUT2D eigenvalue weighted by Gasteiger charge is -2.09. The van der Waals surface area contributed by atoms with Gasteiger partial charge in [-0.3, -0.25) is 9.59 Å². The molecule has 2 amide bonds. The fourth-order valence-corrected chi connectivity index (χ4v) is 4.11. The first-order chi connectivity index (χ1) is 15.2. The summed E-state index contributed by atoms with van der Waals surface area (Å²) in [7, 11) is -4.00. The highest BCUT2D eigenvalue weighted by molar-refractivity contribution is 7.90. The molecule has 166 valence electrons. The highest BCUT2D eigenvalue weighted by atomic mass is 35.5. The van der Waals surface area contributed by atoms with Gasteiger partial charge in [0.1, 0.15) is 0 Å². The van der Waals surface area contributed by atoms with Crippen molar-refractivity contribution in [1.29, 1.82) is 0 Å². The van der Waals surface area contributed by atoms with E-state index in [1.54, 1.807) is 60.7 Å². The van der Waals surface area contributed by atoms with Crippen molar-refractivity contribution in [3.63, 3.8) is 0 Å². The molecule has 0 radical (unpaired) electrons. The SMILES string of the molecule is O=C(Cc1ccc(Cl)cc1)NCc1ccc(S(=O)(=O)NC(=O)Cc2ccc(Cl)cc2)cc1. The largest absolute Gasteiger partial charge is 0.352 e. The molecule has 3 aromatic rings. The van der Waals surface area contributed by atoms with Crippen LogP contribution in [0.5, 0.6) is 0 Å². The normalized spacial score (nSPS) is 11.1. The fourth-order valence-electron chi connectivity index (χ4n) is 2.87. The summed E-state index contributed by atoms with van der Waals surface area (Å²) < 4.78 is 27.0. The Bertz CT molecular complexity index is 1190. The number of nitrogens with one attached hydrogen (secondary N) is 2. The van der Waals surface area contributed by atoms with Gasteiger partial charge < -0.3 is 5.32 Å². The minimum atomic E-state index is -4.00. The van der Waals surface area contributed by atoms with Crippen LogP contribution in [0.3, 0.4) is 0 Å². The Kier molecular flexibility index (Phi) is 7.90. The number of hydrogen-bond donors (Lipinski definition) is 2. The van der Waals surface area contributed by atoms with Gasteiger partial charge in [-0.15, -0.1) is 0 Å². The maximum Gasteiger partial charge on any atom is 0.264 e. The van der Waals surface area contributed by atoms with Gasteiger partial charge in [-0.25, -0.2) is 13.1 Å². The Morgan fingerprint density at radius 2 is 1.09 bits per heavy atom. The molecule has 9 heteroatoms. The van der Waals surface area contributed by atoms with Gasteiger partial charge in [0.15, 0.2) is 0 Å². The van der Waals surface area contributed by atoms with Crippen LogP contribution in [0, 0.1) is 0 Å². The summed E-state index contributed by atoms with van der Waals surface area (Å²) in [4.78, 5) is 24.2. The molecule has 0 spiro atoms. The van der Waals surface area contributed by atoms with Crippen LogP contribution >= 0.6 is 23.2 Å². The Labute approximate surface area is 196 Å². The summed E-state index contributed by atoms with van der Waals surface area (Å²) in [6.07, 6.45) is 0.122. The highest BCUT2D eigenvalue weighted by Crippen LogP contribution is 2.13. The molecule has 0 bridgehead atoms. The van der Waals surface area contributed by atoms with E-state index in [0.717, 1.165) is 11.1 Å². The average molecular weight is 491 g/mol. The number of carbonyl (C=O) groups excluding carboxylic acids is 2. The summed E-state index contributed by atoms with van der Waals surface area (Å²) in [5, 5.41) is 3.92. The number of rotatable bonds is 8. The Balaban J connectivity index is 1.53. The molecular formula is C23H20Cl2N2O4S. The van der Waals surface area contributed by atoms with E-state index < -0.39 is 15.9 Å². The molecule has 3 rings (SSSR count). The van der Waals surface area contributed by atoms with E-state index in [2.05, 4.69) is 10.0 Å². The van der Waals surface area contributed by atoms with Crippen LogP contribution in [0.1, 0.15) is 16.7 Å². The van der Waals surface area contributed by atoms with Crippen molar-refractivity contribution < 1.29 is 18.0 Å². The first-order valence-corrected chi connectivity index (χ1v) is 11.9. The zero-order chi connectivity index (χ0) is 23.1. The van der Waals surface area contributed by atoms with E-state index in [0.29, 0.717) is 15.6 Å². The minimum Gasteiger partial charge on any atom is -0.352 e. The predicted molar refractivity (Wildman–Crippen MR) is 124 cm³/mol. The molecule has 3 aromatic carbocycles. The Morgan fingerprint density at radius 3 is 1.59 bits per heavy atom. The monoisotopic (exact) mass is 490 g/mol. The van der Waals surface area contributed by atoms with Crippen LogP contribution in [0.4, 0.5) is 0 Å². The maximum atomic E-state index is 12.5. The number of amides is 2. The first kappa shape index (κ1) is 23.8. The Hall–Kier alpha value is -2.87. The average Bonchev–Trinajstić information content (AvgIpc) is 2.75. The number of hydrogen-bond acceptors (Lipinski definition) is 4. The van der Waals surface area contributed by atoms with Gasteiger partial charge in [0, 0.05) is 16.6 Å². The lowest BCUT2D eigenvalue weighted by molar-refractivity contribution is -0.120. The summed E-state index contributed by atoms with van der Waals surface area (Å²) in [6, 6.07) is 19.5. The zero-order valence-electron chi connectivity index (χ0n) is 16.8. The number of sulfonamides is 1. The van der Waals surface area contributed by atoms with Crippen molar-refractivity contribution in [2.75, 3.05) is 0 Å². The summed E-state index contributed by atoms with van der Waals surface area (Å²) in [5.74, 6) is -0.815. The van der Waals surface area contributed by atoms with Crippen LogP contribution in [0.25, 0.3) is 0 Å². The molecule has 32 heavy (non-hydrogen) atoms. The van der Waals surface area contributed by atoms with Gasteiger partial charge in [0.25, 0.3) is 10.0 Å². The van der Waals surface area contributed by atoms with Crippen LogP contribution in [0.2, 0.25) is 10.0 Å². The van der Waals surface area contributed by atoms with Crippen molar-refractivity contribution in [3.8, 4) is 0 Å². The maximum absolute atomic E-state index is 12.5. The molecule has 0 saturated carbocycles. The smallest absolute Gasteiger partial charge is 0.264 e. The summed E-state index contributed by atoms with van der Waals surface area (Å²) >= 11 is 11.6.